The third kappa shape index (κ3) is 3.10. The first-order chi connectivity index (χ1) is 8.72. The van der Waals surface area contributed by atoms with Crippen molar-refractivity contribution in [2.24, 2.45) is 0 Å². The van der Waals surface area contributed by atoms with Crippen molar-refractivity contribution in [2.75, 3.05) is 7.11 Å². The van der Waals surface area contributed by atoms with E-state index in [1.54, 1.807) is 7.11 Å². The average Bonchev–Trinajstić information content (AvgIpc) is 2.86. The van der Waals surface area contributed by atoms with E-state index in [9.17, 15) is 0 Å². The molecule has 1 aromatic heterocycles. The van der Waals surface area contributed by atoms with Crippen molar-refractivity contribution < 1.29 is 4.74 Å². The van der Waals surface area contributed by atoms with E-state index < -0.39 is 0 Å². The Hall–Kier alpha value is -1.36. The summed E-state index contributed by atoms with van der Waals surface area (Å²) >= 11 is 3.57. The second-order valence-corrected chi connectivity index (χ2v) is 5.17. The highest BCUT2D eigenvalue weighted by atomic mass is 79.9. The van der Waals surface area contributed by atoms with E-state index in [1.807, 2.05) is 29.1 Å². The molecule has 96 valence electrons. The average molecular weight is 310 g/mol. The van der Waals surface area contributed by atoms with E-state index in [1.165, 1.54) is 0 Å². The third-order valence-electron chi connectivity index (χ3n) is 2.71. The summed E-state index contributed by atoms with van der Waals surface area (Å²) in [7, 11) is 1.67. The van der Waals surface area contributed by atoms with Gasteiger partial charge in [-0.1, -0.05) is 40.2 Å². The van der Waals surface area contributed by atoms with Gasteiger partial charge in [0, 0.05) is 6.20 Å². The number of hydrogen-bond acceptors (Lipinski definition) is 3. The Kier molecular flexibility index (Phi) is 4.36. The summed E-state index contributed by atoms with van der Waals surface area (Å²) in [5.74, 6) is 0.861. The molecular formula is C13H16BrN3O. The lowest BCUT2D eigenvalue weighted by Gasteiger charge is -2.04. The summed E-state index contributed by atoms with van der Waals surface area (Å²) in [4.78, 5) is 0.275. The topological polar surface area (TPSA) is 39.9 Å². The van der Waals surface area contributed by atoms with Crippen molar-refractivity contribution in [2.45, 2.75) is 24.7 Å². The van der Waals surface area contributed by atoms with Crippen LogP contribution in [0.15, 0.2) is 30.5 Å². The number of rotatable bonds is 5. The van der Waals surface area contributed by atoms with E-state index in [0.717, 1.165) is 23.4 Å². The SMILES string of the molecule is CCC(Br)c1cn(Cc2cccc(OC)c2)nn1. The van der Waals surface area contributed by atoms with Gasteiger partial charge in [-0.3, -0.25) is 0 Å². The van der Waals surface area contributed by atoms with Gasteiger partial charge in [0.2, 0.25) is 0 Å². The summed E-state index contributed by atoms with van der Waals surface area (Å²) in [5.41, 5.74) is 2.12. The molecule has 0 saturated carbocycles. The van der Waals surface area contributed by atoms with Gasteiger partial charge in [0.15, 0.2) is 0 Å². The van der Waals surface area contributed by atoms with Gasteiger partial charge in [-0.15, -0.1) is 5.10 Å². The minimum atomic E-state index is 0.275. The molecule has 1 unspecified atom stereocenters. The molecule has 5 heteroatoms. The molecule has 18 heavy (non-hydrogen) atoms. The van der Waals surface area contributed by atoms with E-state index in [4.69, 9.17) is 4.74 Å². The molecule has 2 rings (SSSR count). The van der Waals surface area contributed by atoms with Crippen molar-refractivity contribution in [1.29, 1.82) is 0 Å². The monoisotopic (exact) mass is 309 g/mol. The highest BCUT2D eigenvalue weighted by Gasteiger charge is 2.09. The van der Waals surface area contributed by atoms with Crippen molar-refractivity contribution in [3.05, 3.63) is 41.7 Å². The fraction of sp³-hybridized carbons (Fsp3) is 0.385. The normalized spacial score (nSPS) is 12.4. The highest BCUT2D eigenvalue weighted by molar-refractivity contribution is 9.09. The predicted octanol–water partition coefficient (Wildman–Crippen LogP) is 3.18. The van der Waals surface area contributed by atoms with Crippen LogP contribution < -0.4 is 4.74 Å². The smallest absolute Gasteiger partial charge is 0.119 e. The molecule has 0 saturated heterocycles. The lowest BCUT2D eigenvalue weighted by molar-refractivity contribution is 0.414. The molecule has 0 amide bonds. The zero-order chi connectivity index (χ0) is 13.0. The van der Waals surface area contributed by atoms with Crippen LogP contribution in [0.2, 0.25) is 0 Å². The second kappa shape index (κ2) is 6.00. The zero-order valence-corrected chi connectivity index (χ0v) is 12.1. The van der Waals surface area contributed by atoms with Gasteiger partial charge in [-0.2, -0.15) is 0 Å². The molecule has 0 N–H and O–H groups in total. The number of methoxy groups -OCH3 is 1. The number of aromatic nitrogens is 3. The largest absolute Gasteiger partial charge is 0.497 e. The fourth-order valence-corrected chi connectivity index (χ4v) is 1.91. The van der Waals surface area contributed by atoms with Gasteiger partial charge in [-0.05, 0) is 24.1 Å². The van der Waals surface area contributed by atoms with Crippen LogP contribution in [0.4, 0.5) is 0 Å². The number of ether oxygens (including phenoxy) is 1. The Morgan fingerprint density at radius 3 is 3.00 bits per heavy atom. The summed E-state index contributed by atoms with van der Waals surface area (Å²) in [5, 5.41) is 8.29. The first kappa shape index (κ1) is 13.1. The number of benzene rings is 1. The van der Waals surface area contributed by atoms with Crippen LogP contribution in [0, 0.1) is 0 Å². The molecular weight excluding hydrogens is 294 g/mol. The predicted molar refractivity (Wildman–Crippen MR) is 74.1 cm³/mol. The molecule has 0 aliphatic carbocycles. The van der Waals surface area contributed by atoms with Crippen molar-refractivity contribution >= 4 is 15.9 Å². The molecule has 1 heterocycles. The number of alkyl halides is 1. The Balaban J connectivity index is 2.11. The Bertz CT molecular complexity index is 512. The third-order valence-corrected chi connectivity index (χ3v) is 3.83. The molecule has 4 nitrogen and oxygen atoms in total. The quantitative estimate of drug-likeness (QED) is 0.796. The molecule has 0 aliphatic rings. The van der Waals surface area contributed by atoms with Gasteiger partial charge in [0.05, 0.1) is 24.2 Å². The van der Waals surface area contributed by atoms with E-state index in [-0.39, 0.29) is 4.83 Å². The number of nitrogens with zero attached hydrogens (tertiary/aromatic N) is 3. The van der Waals surface area contributed by atoms with Gasteiger partial charge < -0.3 is 4.74 Å². The standard InChI is InChI=1S/C13H16BrN3O/c1-3-12(14)13-9-17(16-15-13)8-10-5-4-6-11(7-10)18-2/h4-7,9,12H,3,8H2,1-2H3. The van der Waals surface area contributed by atoms with Gasteiger partial charge >= 0.3 is 0 Å². The molecule has 0 aliphatic heterocycles. The lowest BCUT2D eigenvalue weighted by atomic mass is 10.2. The highest BCUT2D eigenvalue weighted by Crippen LogP contribution is 2.23. The van der Waals surface area contributed by atoms with Gasteiger partial charge in [-0.25, -0.2) is 4.68 Å². The van der Waals surface area contributed by atoms with Gasteiger partial charge in [0.25, 0.3) is 0 Å². The first-order valence-electron chi connectivity index (χ1n) is 5.90. The maximum atomic E-state index is 5.20. The number of halogens is 1. The first-order valence-corrected chi connectivity index (χ1v) is 6.81. The van der Waals surface area contributed by atoms with Crippen LogP contribution in [-0.4, -0.2) is 22.1 Å². The van der Waals surface area contributed by atoms with Crippen molar-refractivity contribution in [3.63, 3.8) is 0 Å². The van der Waals surface area contributed by atoms with E-state index in [2.05, 4.69) is 39.2 Å². The maximum absolute atomic E-state index is 5.20. The summed E-state index contributed by atoms with van der Waals surface area (Å²) in [6.07, 6.45) is 2.97. The van der Waals surface area contributed by atoms with Crippen LogP contribution in [0.5, 0.6) is 5.75 Å². The van der Waals surface area contributed by atoms with E-state index >= 15 is 0 Å². The van der Waals surface area contributed by atoms with Crippen molar-refractivity contribution in [3.8, 4) is 5.75 Å². The molecule has 0 fully saturated rings. The molecule has 0 radical (unpaired) electrons. The Morgan fingerprint density at radius 1 is 1.44 bits per heavy atom. The minimum absolute atomic E-state index is 0.275. The van der Waals surface area contributed by atoms with Crippen LogP contribution in [0.1, 0.15) is 29.4 Å². The lowest BCUT2D eigenvalue weighted by Crippen LogP contribution is -2.00. The molecule has 0 bridgehead atoms. The Labute approximate surface area is 115 Å². The molecule has 1 atom stereocenters. The number of hydrogen-bond donors (Lipinski definition) is 0. The zero-order valence-electron chi connectivity index (χ0n) is 10.5. The fourth-order valence-electron chi connectivity index (χ4n) is 1.70. The van der Waals surface area contributed by atoms with Crippen LogP contribution in [-0.2, 0) is 6.54 Å². The minimum Gasteiger partial charge on any atom is -0.497 e. The van der Waals surface area contributed by atoms with E-state index in [0.29, 0.717) is 6.54 Å². The van der Waals surface area contributed by atoms with Crippen LogP contribution >= 0.6 is 15.9 Å². The second-order valence-electron chi connectivity index (χ2n) is 4.07. The van der Waals surface area contributed by atoms with Crippen LogP contribution in [0.3, 0.4) is 0 Å². The summed E-state index contributed by atoms with van der Waals surface area (Å²) in [6.45, 7) is 2.81. The van der Waals surface area contributed by atoms with Crippen LogP contribution in [0.25, 0.3) is 0 Å². The molecule has 2 aromatic rings. The van der Waals surface area contributed by atoms with Gasteiger partial charge in [0.1, 0.15) is 5.75 Å². The molecule has 1 aromatic carbocycles. The van der Waals surface area contributed by atoms with Crippen molar-refractivity contribution in [1.82, 2.24) is 15.0 Å². The Morgan fingerprint density at radius 2 is 2.28 bits per heavy atom. The maximum Gasteiger partial charge on any atom is 0.119 e. The summed E-state index contributed by atoms with van der Waals surface area (Å²) < 4.78 is 7.04. The molecule has 0 spiro atoms. The summed E-state index contributed by atoms with van der Waals surface area (Å²) in [6, 6.07) is 7.97.